The molecule has 0 saturated carbocycles. The lowest BCUT2D eigenvalue weighted by Crippen LogP contribution is -2.46. The van der Waals surface area contributed by atoms with Crippen LogP contribution in [-0.4, -0.2) is 42.6 Å². The predicted molar refractivity (Wildman–Crippen MR) is 97.7 cm³/mol. The van der Waals surface area contributed by atoms with Gasteiger partial charge in [-0.1, -0.05) is 12.1 Å². The molecule has 0 spiro atoms. The molecule has 1 atom stereocenters. The first-order chi connectivity index (χ1) is 12.7. The van der Waals surface area contributed by atoms with E-state index in [1.807, 2.05) is 29.6 Å². The molecule has 1 saturated heterocycles. The van der Waals surface area contributed by atoms with Crippen LogP contribution in [0.5, 0.6) is 11.5 Å². The largest absolute Gasteiger partial charge is 0.454 e. The molecule has 1 fully saturated rings. The minimum absolute atomic E-state index is 0.0478. The van der Waals surface area contributed by atoms with Crippen molar-refractivity contribution in [1.29, 1.82) is 0 Å². The minimum atomic E-state index is -0.374. The summed E-state index contributed by atoms with van der Waals surface area (Å²) in [7, 11) is 0. The number of rotatable bonds is 5. The number of nitrogens with zero attached hydrogens (tertiary/aromatic N) is 1. The average Bonchev–Trinajstić information content (AvgIpc) is 3.41. The van der Waals surface area contributed by atoms with E-state index in [-0.39, 0.29) is 24.6 Å². The summed E-state index contributed by atoms with van der Waals surface area (Å²) in [6.07, 6.45) is 2.28. The van der Waals surface area contributed by atoms with Crippen molar-refractivity contribution in [2.24, 2.45) is 0 Å². The first-order valence-electron chi connectivity index (χ1n) is 8.73. The summed E-state index contributed by atoms with van der Waals surface area (Å²) < 4.78 is 10.7. The highest BCUT2D eigenvalue weighted by Crippen LogP contribution is 2.32. The smallest absolute Gasteiger partial charge is 0.264 e. The van der Waals surface area contributed by atoms with Crippen molar-refractivity contribution < 1.29 is 19.1 Å². The van der Waals surface area contributed by atoms with Crippen LogP contribution in [0.2, 0.25) is 0 Å². The van der Waals surface area contributed by atoms with Gasteiger partial charge in [0.25, 0.3) is 5.91 Å². The average molecular weight is 372 g/mol. The first kappa shape index (κ1) is 16.9. The summed E-state index contributed by atoms with van der Waals surface area (Å²) in [6.45, 7) is 1.41. The molecule has 0 bridgehead atoms. The molecule has 2 amide bonds. The Morgan fingerprint density at radius 2 is 2.12 bits per heavy atom. The second-order valence-corrected chi connectivity index (χ2v) is 7.31. The molecule has 1 unspecified atom stereocenters. The highest BCUT2D eigenvalue weighted by atomic mass is 32.1. The van der Waals surface area contributed by atoms with Crippen molar-refractivity contribution in [1.82, 2.24) is 10.2 Å². The van der Waals surface area contributed by atoms with Gasteiger partial charge in [-0.2, -0.15) is 0 Å². The SMILES string of the molecule is O=C(NCCc1ccc2c(c1)OCO2)C1CCCN1C(=O)c1cccs1. The van der Waals surface area contributed by atoms with Gasteiger partial charge in [0.1, 0.15) is 6.04 Å². The van der Waals surface area contributed by atoms with E-state index in [1.165, 1.54) is 11.3 Å². The molecule has 1 aromatic heterocycles. The third kappa shape index (κ3) is 3.39. The number of hydrogen-bond acceptors (Lipinski definition) is 5. The van der Waals surface area contributed by atoms with Crippen LogP contribution in [0.3, 0.4) is 0 Å². The first-order valence-corrected chi connectivity index (χ1v) is 9.61. The molecule has 3 heterocycles. The van der Waals surface area contributed by atoms with Crippen molar-refractivity contribution in [3.8, 4) is 11.5 Å². The lowest BCUT2D eigenvalue weighted by Gasteiger charge is -2.23. The molecule has 2 aliphatic heterocycles. The van der Waals surface area contributed by atoms with Gasteiger partial charge in [-0.25, -0.2) is 0 Å². The molecule has 4 rings (SSSR count). The fourth-order valence-corrected chi connectivity index (χ4v) is 4.05. The van der Waals surface area contributed by atoms with E-state index in [0.717, 1.165) is 23.5 Å². The Hall–Kier alpha value is -2.54. The second-order valence-electron chi connectivity index (χ2n) is 6.36. The van der Waals surface area contributed by atoms with Gasteiger partial charge in [-0.15, -0.1) is 11.3 Å². The van der Waals surface area contributed by atoms with Gasteiger partial charge in [0.05, 0.1) is 4.88 Å². The number of hydrogen-bond donors (Lipinski definition) is 1. The normalized spacial score (nSPS) is 18.2. The monoisotopic (exact) mass is 372 g/mol. The quantitative estimate of drug-likeness (QED) is 0.875. The molecule has 1 aromatic carbocycles. The van der Waals surface area contributed by atoms with Crippen molar-refractivity contribution >= 4 is 23.2 Å². The Balaban J connectivity index is 1.32. The van der Waals surface area contributed by atoms with Crippen LogP contribution in [0.4, 0.5) is 0 Å². The summed E-state index contributed by atoms with van der Waals surface area (Å²) in [5, 5.41) is 4.85. The molecule has 0 radical (unpaired) electrons. The Bertz CT molecular complexity index is 806. The topological polar surface area (TPSA) is 67.9 Å². The van der Waals surface area contributed by atoms with E-state index in [0.29, 0.717) is 30.8 Å². The van der Waals surface area contributed by atoms with Crippen molar-refractivity contribution in [2.75, 3.05) is 19.9 Å². The predicted octanol–water partition coefficient (Wildman–Crippen LogP) is 2.44. The van der Waals surface area contributed by atoms with Crippen molar-refractivity contribution in [3.63, 3.8) is 0 Å². The highest BCUT2D eigenvalue weighted by Gasteiger charge is 2.34. The third-order valence-corrected chi connectivity index (χ3v) is 5.56. The van der Waals surface area contributed by atoms with Gasteiger partial charge < -0.3 is 19.7 Å². The fourth-order valence-electron chi connectivity index (χ4n) is 3.37. The van der Waals surface area contributed by atoms with Crippen LogP contribution < -0.4 is 14.8 Å². The van der Waals surface area contributed by atoms with Crippen LogP contribution in [0.25, 0.3) is 0 Å². The lowest BCUT2D eigenvalue weighted by molar-refractivity contribution is -0.124. The zero-order chi connectivity index (χ0) is 17.9. The van der Waals surface area contributed by atoms with Gasteiger partial charge >= 0.3 is 0 Å². The van der Waals surface area contributed by atoms with Gasteiger partial charge in [-0.3, -0.25) is 9.59 Å². The van der Waals surface area contributed by atoms with Crippen LogP contribution in [0, 0.1) is 0 Å². The number of likely N-dealkylation sites (tertiary alicyclic amines) is 1. The number of amides is 2. The molecule has 1 N–H and O–H groups in total. The maximum absolute atomic E-state index is 12.6. The Kier molecular flexibility index (Phi) is 4.79. The molecule has 26 heavy (non-hydrogen) atoms. The molecular weight excluding hydrogens is 352 g/mol. The van der Waals surface area contributed by atoms with Gasteiger partial charge in [-0.05, 0) is 48.4 Å². The molecule has 6 nitrogen and oxygen atoms in total. The molecule has 2 aromatic rings. The summed E-state index contributed by atoms with van der Waals surface area (Å²) in [5.74, 6) is 1.38. The minimum Gasteiger partial charge on any atom is -0.454 e. The van der Waals surface area contributed by atoms with E-state index in [9.17, 15) is 9.59 Å². The maximum atomic E-state index is 12.6. The van der Waals surface area contributed by atoms with E-state index < -0.39 is 0 Å². The molecule has 0 aliphatic carbocycles. The highest BCUT2D eigenvalue weighted by molar-refractivity contribution is 7.12. The Morgan fingerprint density at radius 1 is 1.23 bits per heavy atom. The zero-order valence-electron chi connectivity index (χ0n) is 14.3. The summed E-state index contributed by atoms with van der Waals surface area (Å²) in [6, 6.07) is 9.09. The number of carbonyl (C=O) groups is 2. The van der Waals surface area contributed by atoms with Crippen molar-refractivity contribution in [3.05, 3.63) is 46.2 Å². The van der Waals surface area contributed by atoms with Gasteiger partial charge in [0, 0.05) is 13.1 Å². The molecule has 136 valence electrons. The van der Waals surface area contributed by atoms with Crippen LogP contribution in [0.1, 0.15) is 28.1 Å². The molecule has 7 heteroatoms. The third-order valence-electron chi connectivity index (χ3n) is 4.70. The second kappa shape index (κ2) is 7.37. The van der Waals surface area contributed by atoms with Crippen LogP contribution in [-0.2, 0) is 11.2 Å². The number of ether oxygens (including phenoxy) is 2. The summed E-state index contributed by atoms with van der Waals surface area (Å²) >= 11 is 1.41. The summed E-state index contributed by atoms with van der Waals surface area (Å²) in [5.41, 5.74) is 1.08. The summed E-state index contributed by atoms with van der Waals surface area (Å²) in [4.78, 5) is 27.5. The van der Waals surface area contributed by atoms with E-state index in [4.69, 9.17) is 9.47 Å². The standard InChI is InChI=1S/C19H20N2O4S/c22-18(14-3-1-9-21(14)19(23)17-4-2-10-26-17)20-8-7-13-5-6-15-16(11-13)25-12-24-15/h2,4-6,10-11,14H,1,3,7-9,12H2,(H,20,22). The fraction of sp³-hybridized carbons (Fsp3) is 0.368. The molecular formula is C19H20N2O4S. The Labute approximate surface area is 155 Å². The van der Waals surface area contributed by atoms with Crippen LogP contribution >= 0.6 is 11.3 Å². The lowest BCUT2D eigenvalue weighted by atomic mass is 10.1. The van der Waals surface area contributed by atoms with Gasteiger partial charge in [0.15, 0.2) is 11.5 Å². The number of thiophene rings is 1. The zero-order valence-corrected chi connectivity index (χ0v) is 15.1. The van der Waals surface area contributed by atoms with Gasteiger partial charge in [0.2, 0.25) is 12.7 Å². The Morgan fingerprint density at radius 3 is 2.96 bits per heavy atom. The van der Waals surface area contributed by atoms with Crippen LogP contribution in [0.15, 0.2) is 35.7 Å². The number of fused-ring (bicyclic) bond motifs is 1. The van der Waals surface area contributed by atoms with E-state index in [2.05, 4.69) is 5.32 Å². The molecule has 2 aliphatic rings. The number of benzene rings is 1. The van der Waals surface area contributed by atoms with Crippen molar-refractivity contribution in [2.45, 2.75) is 25.3 Å². The van der Waals surface area contributed by atoms with E-state index in [1.54, 1.807) is 11.0 Å². The van der Waals surface area contributed by atoms with E-state index >= 15 is 0 Å². The number of carbonyl (C=O) groups excluding carboxylic acids is 2. The number of nitrogens with one attached hydrogen (secondary N) is 1. The maximum Gasteiger partial charge on any atom is 0.264 e.